The highest BCUT2D eigenvalue weighted by Gasteiger charge is 2.20. The van der Waals surface area contributed by atoms with Crippen molar-refractivity contribution in [1.29, 1.82) is 0 Å². The van der Waals surface area contributed by atoms with Crippen LogP contribution in [-0.2, 0) is 0 Å². The van der Waals surface area contributed by atoms with Gasteiger partial charge in [-0.2, -0.15) is 10.1 Å². The lowest BCUT2D eigenvalue weighted by Crippen LogP contribution is -2.29. The average Bonchev–Trinajstić information content (AvgIpc) is 3.11. The van der Waals surface area contributed by atoms with Gasteiger partial charge in [-0.05, 0) is 44.9 Å². The van der Waals surface area contributed by atoms with Crippen molar-refractivity contribution in [2.45, 2.75) is 52.7 Å². The first-order chi connectivity index (χ1) is 14.6. The second-order valence-corrected chi connectivity index (χ2v) is 8.44. The van der Waals surface area contributed by atoms with Crippen LogP contribution < -0.4 is 10.9 Å². The Hall–Kier alpha value is -2.91. The molecule has 2 aromatic heterocycles. The maximum absolute atomic E-state index is 11.2. The fourth-order valence-electron chi connectivity index (χ4n) is 3.27. The lowest BCUT2D eigenvalue weighted by atomic mass is 10.1. The molecule has 10 heteroatoms. The summed E-state index contributed by atoms with van der Waals surface area (Å²) in [4.78, 5) is 20.5. The van der Waals surface area contributed by atoms with Crippen LogP contribution in [0.2, 0.25) is 5.02 Å². The molecule has 0 amide bonds. The standard InChI is InChI=1S/C21H27ClN6O3/c1-10(2)16-18-17(27-26-16)19(24-13-6-7-14(20(30)31)15(22)8-13)25-21(23-9-12(5)29)28(18)11(3)4/h6-8,10-12,29H,9H2,1-5H3,(H,26,27)(H,30,31)(H,23,24,25). The van der Waals surface area contributed by atoms with Crippen molar-refractivity contribution in [2.24, 2.45) is 4.99 Å². The number of aliphatic hydroxyl groups is 1. The zero-order valence-electron chi connectivity index (χ0n) is 18.1. The summed E-state index contributed by atoms with van der Waals surface area (Å²) >= 11 is 6.12. The summed E-state index contributed by atoms with van der Waals surface area (Å²) in [5.74, 6) is -0.458. The SMILES string of the molecule is CC(O)CN=c1nc(Nc2ccc(C(=O)O)c(Cl)c2)c2n[nH]c(C(C)C)c2n1C(C)C. The van der Waals surface area contributed by atoms with Gasteiger partial charge in [-0.25, -0.2) is 9.79 Å². The Morgan fingerprint density at radius 3 is 2.55 bits per heavy atom. The third-order valence-electron chi connectivity index (χ3n) is 4.71. The van der Waals surface area contributed by atoms with Gasteiger partial charge in [-0.15, -0.1) is 0 Å². The summed E-state index contributed by atoms with van der Waals surface area (Å²) in [5.41, 5.74) is 3.50. The number of aromatic carboxylic acids is 1. The van der Waals surface area contributed by atoms with Crippen LogP contribution in [0.4, 0.5) is 11.5 Å². The van der Waals surface area contributed by atoms with Crippen molar-refractivity contribution < 1.29 is 15.0 Å². The molecule has 1 unspecified atom stereocenters. The number of benzene rings is 1. The number of aromatic nitrogens is 4. The number of fused-ring (bicyclic) bond motifs is 1. The van der Waals surface area contributed by atoms with Gasteiger partial charge < -0.3 is 20.1 Å². The Kier molecular flexibility index (Phi) is 6.66. The second-order valence-electron chi connectivity index (χ2n) is 8.03. The number of aromatic amines is 1. The van der Waals surface area contributed by atoms with Crippen LogP contribution in [0.5, 0.6) is 0 Å². The van der Waals surface area contributed by atoms with Crippen molar-refractivity contribution in [3.05, 3.63) is 40.1 Å². The minimum absolute atomic E-state index is 0.0190. The van der Waals surface area contributed by atoms with Crippen LogP contribution in [-0.4, -0.2) is 48.6 Å². The highest BCUT2D eigenvalue weighted by atomic mass is 35.5. The van der Waals surface area contributed by atoms with Crippen molar-refractivity contribution in [3.8, 4) is 0 Å². The highest BCUT2D eigenvalue weighted by Crippen LogP contribution is 2.30. The van der Waals surface area contributed by atoms with E-state index >= 15 is 0 Å². The number of hydrogen-bond donors (Lipinski definition) is 4. The molecule has 3 rings (SSSR count). The van der Waals surface area contributed by atoms with Gasteiger partial charge in [0.05, 0.1) is 34.4 Å². The van der Waals surface area contributed by atoms with E-state index in [9.17, 15) is 15.0 Å². The minimum Gasteiger partial charge on any atom is -0.478 e. The molecule has 31 heavy (non-hydrogen) atoms. The predicted octanol–water partition coefficient (Wildman–Crippen LogP) is 3.84. The fourth-order valence-corrected chi connectivity index (χ4v) is 3.53. The van der Waals surface area contributed by atoms with Crippen LogP contribution in [0.25, 0.3) is 11.0 Å². The van der Waals surface area contributed by atoms with Crippen LogP contribution in [0.3, 0.4) is 0 Å². The number of carboxylic acids is 1. The Balaban J connectivity index is 2.24. The van der Waals surface area contributed by atoms with Crippen LogP contribution in [0, 0.1) is 0 Å². The van der Waals surface area contributed by atoms with Gasteiger partial charge in [-0.3, -0.25) is 5.10 Å². The lowest BCUT2D eigenvalue weighted by Gasteiger charge is -2.17. The molecule has 0 saturated carbocycles. The number of rotatable bonds is 7. The van der Waals surface area contributed by atoms with Gasteiger partial charge >= 0.3 is 5.97 Å². The van der Waals surface area contributed by atoms with E-state index in [2.05, 4.69) is 39.3 Å². The Morgan fingerprint density at radius 1 is 1.29 bits per heavy atom. The number of carbonyl (C=O) groups is 1. The normalized spacial score (nSPS) is 13.4. The molecule has 3 aromatic rings. The molecular weight excluding hydrogens is 420 g/mol. The van der Waals surface area contributed by atoms with E-state index in [1.54, 1.807) is 13.0 Å². The molecule has 1 aromatic carbocycles. The maximum atomic E-state index is 11.2. The molecule has 0 aliphatic rings. The summed E-state index contributed by atoms with van der Waals surface area (Å²) in [6.45, 7) is 10.1. The lowest BCUT2D eigenvalue weighted by molar-refractivity contribution is 0.0697. The summed E-state index contributed by atoms with van der Waals surface area (Å²) in [6, 6.07) is 4.64. The number of nitrogens with one attached hydrogen (secondary N) is 2. The molecule has 2 heterocycles. The third kappa shape index (κ3) is 4.72. The maximum Gasteiger partial charge on any atom is 0.337 e. The highest BCUT2D eigenvalue weighted by molar-refractivity contribution is 6.33. The zero-order valence-corrected chi connectivity index (χ0v) is 18.9. The third-order valence-corrected chi connectivity index (χ3v) is 5.03. The van der Waals surface area contributed by atoms with E-state index in [1.165, 1.54) is 12.1 Å². The van der Waals surface area contributed by atoms with E-state index in [4.69, 9.17) is 11.6 Å². The van der Waals surface area contributed by atoms with E-state index in [1.807, 2.05) is 18.4 Å². The Labute approximate surface area is 184 Å². The van der Waals surface area contributed by atoms with Gasteiger partial charge in [0.25, 0.3) is 0 Å². The summed E-state index contributed by atoms with van der Waals surface area (Å²) < 4.78 is 2.00. The topological polar surface area (TPSA) is 128 Å². The molecule has 9 nitrogen and oxygen atoms in total. The molecule has 0 aliphatic carbocycles. The largest absolute Gasteiger partial charge is 0.478 e. The van der Waals surface area contributed by atoms with Crippen molar-refractivity contribution in [3.63, 3.8) is 0 Å². The van der Waals surface area contributed by atoms with Crippen LogP contribution in [0.1, 0.15) is 62.6 Å². The molecule has 4 N–H and O–H groups in total. The average molecular weight is 447 g/mol. The summed E-state index contributed by atoms with van der Waals surface area (Å²) in [6.07, 6.45) is -0.606. The first-order valence-corrected chi connectivity index (χ1v) is 10.5. The number of carboxylic acid groups (broad SMARTS) is 1. The monoisotopic (exact) mass is 446 g/mol. The Bertz CT molecular complexity index is 1180. The van der Waals surface area contributed by atoms with Gasteiger partial charge in [0.2, 0.25) is 5.62 Å². The number of halogens is 1. The predicted molar refractivity (Wildman–Crippen MR) is 120 cm³/mol. The van der Waals surface area contributed by atoms with Crippen molar-refractivity contribution >= 4 is 40.1 Å². The zero-order chi connectivity index (χ0) is 22.9. The quantitative estimate of drug-likeness (QED) is 0.436. The van der Waals surface area contributed by atoms with Crippen LogP contribution >= 0.6 is 11.6 Å². The molecule has 0 fully saturated rings. The second kappa shape index (κ2) is 9.07. The number of anilines is 2. The fraction of sp³-hybridized carbons (Fsp3) is 0.429. The van der Waals surface area contributed by atoms with Gasteiger partial charge in [-0.1, -0.05) is 25.4 Å². The number of H-pyrrole nitrogens is 1. The van der Waals surface area contributed by atoms with E-state index in [-0.39, 0.29) is 29.1 Å². The van der Waals surface area contributed by atoms with E-state index in [0.717, 1.165) is 11.2 Å². The van der Waals surface area contributed by atoms with Crippen molar-refractivity contribution in [1.82, 2.24) is 19.7 Å². The van der Waals surface area contributed by atoms with Gasteiger partial charge in [0.1, 0.15) is 0 Å². The molecule has 1 atom stereocenters. The Morgan fingerprint density at radius 2 is 2.00 bits per heavy atom. The van der Waals surface area contributed by atoms with Gasteiger partial charge in [0.15, 0.2) is 11.3 Å². The smallest absolute Gasteiger partial charge is 0.337 e. The van der Waals surface area contributed by atoms with E-state index in [0.29, 0.717) is 22.6 Å². The number of aliphatic hydroxyl groups excluding tert-OH is 1. The number of hydrogen-bond acceptors (Lipinski definition) is 6. The van der Waals surface area contributed by atoms with Crippen LogP contribution in [0.15, 0.2) is 23.2 Å². The molecule has 0 saturated heterocycles. The van der Waals surface area contributed by atoms with Gasteiger partial charge in [0, 0.05) is 11.7 Å². The summed E-state index contributed by atoms with van der Waals surface area (Å²) in [7, 11) is 0. The summed E-state index contributed by atoms with van der Waals surface area (Å²) in [5, 5.41) is 29.9. The number of nitrogens with zero attached hydrogens (tertiary/aromatic N) is 4. The molecule has 166 valence electrons. The first-order valence-electron chi connectivity index (χ1n) is 10.1. The first kappa shape index (κ1) is 22.8. The molecule has 0 bridgehead atoms. The molecular formula is C21H27ClN6O3. The van der Waals surface area contributed by atoms with E-state index < -0.39 is 12.1 Å². The molecule has 0 aliphatic heterocycles. The molecule has 0 radical (unpaired) electrons. The van der Waals surface area contributed by atoms with Crippen molar-refractivity contribution in [2.75, 3.05) is 11.9 Å². The minimum atomic E-state index is -1.09. The molecule has 0 spiro atoms.